The number of carbonyl (C=O) groups is 1. The smallest absolute Gasteiger partial charge is 0.222 e. The maximum Gasteiger partial charge on any atom is 0.222 e. The lowest BCUT2D eigenvalue weighted by Crippen LogP contribution is -2.31. The van der Waals surface area contributed by atoms with Crippen LogP contribution in [0, 0.1) is 12.8 Å². The highest BCUT2D eigenvalue weighted by Crippen LogP contribution is 2.08. The second-order valence-electron chi connectivity index (χ2n) is 3.88. The van der Waals surface area contributed by atoms with E-state index in [9.17, 15) is 4.79 Å². The Hall–Kier alpha value is -0.940. The molecule has 0 saturated carbocycles. The summed E-state index contributed by atoms with van der Waals surface area (Å²) < 4.78 is 0. The number of aryl methyl sites for hydroxylation is 1. The van der Waals surface area contributed by atoms with Crippen molar-refractivity contribution in [3.63, 3.8) is 0 Å². The summed E-state index contributed by atoms with van der Waals surface area (Å²) in [6.07, 6.45) is 1.53. The zero-order chi connectivity index (χ0) is 12.0. The Bertz CT molecular complexity index is 338. The summed E-state index contributed by atoms with van der Waals surface area (Å²) >= 11 is 1.64. The van der Waals surface area contributed by atoms with Crippen molar-refractivity contribution in [1.82, 2.24) is 10.3 Å². The average Bonchev–Trinajstić information content (AvgIpc) is 2.64. The van der Waals surface area contributed by atoms with E-state index < -0.39 is 0 Å². The van der Waals surface area contributed by atoms with Gasteiger partial charge in [0.05, 0.1) is 10.7 Å². The Morgan fingerprint density at radius 1 is 1.69 bits per heavy atom. The number of nitrogens with zero attached hydrogens (tertiary/aromatic N) is 1. The normalized spacial score (nSPS) is 12.4. The fourth-order valence-corrected chi connectivity index (χ4v) is 2.04. The molecular formula is C11H19N3OS. The summed E-state index contributed by atoms with van der Waals surface area (Å²) in [7, 11) is 0. The molecule has 0 radical (unpaired) electrons. The van der Waals surface area contributed by atoms with Gasteiger partial charge in [0, 0.05) is 24.3 Å². The number of carbonyl (C=O) groups excluding carboxylic acids is 1. The molecule has 16 heavy (non-hydrogen) atoms. The van der Waals surface area contributed by atoms with Crippen molar-refractivity contribution in [2.45, 2.75) is 26.7 Å². The molecule has 4 nitrogen and oxygen atoms in total. The van der Waals surface area contributed by atoms with E-state index in [4.69, 9.17) is 5.73 Å². The van der Waals surface area contributed by atoms with Gasteiger partial charge in [-0.3, -0.25) is 4.79 Å². The number of nitrogens with one attached hydrogen (secondary N) is 1. The lowest BCUT2D eigenvalue weighted by Gasteiger charge is -2.10. The Balaban J connectivity index is 2.22. The van der Waals surface area contributed by atoms with Crippen LogP contribution in [0.4, 0.5) is 0 Å². The van der Waals surface area contributed by atoms with Crippen molar-refractivity contribution in [3.05, 3.63) is 16.1 Å². The van der Waals surface area contributed by atoms with Crippen LogP contribution in [-0.2, 0) is 11.2 Å². The number of amides is 1. The van der Waals surface area contributed by atoms with Crippen LogP contribution in [-0.4, -0.2) is 24.0 Å². The van der Waals surface area contributed by atoms with Crippen molar-refractivity contribution in [2.75, 3.05) is 13.1 Å². The molecule has 1 rings (SSSR count). The summed E-state index contributed by atoms with van der Waals surface area (Å²) in [5, 5.41) is 6.00. The number of rotatable bonds is 6. The lowest BCUT2D eigenvalue weighted by molar-refractivity contribution is -0.124. The van der Waals surface area contributed by atoms with Crippen molar-refractivity contribution in [2.24, 2.45) is 11.7 Å². The molecule has 1 heterocycles. The van der Waals surface area contributed by atoms with E-state index in [-0.39, 0.29) is 11.8 Å². The molecule has 0 aliphatic rings. The van der Waals surface area contributed by atoms with Crippen LogP contribution in [0.5, 0.6) is 0 Å². The molecule has 1 atom stereocenters. The van der Waals surface area contributed by atoms with Crippen molar-refractivity contribution < 1.29 is 4.79 Å². The van der Waals surface area contributed by atoms with Crippen molar-refractivity contribution >= 4 is 17.2 Å². The Kier molecular flexibility index (Phi) is 5.42. The molecule has 0 fully saturated rings. The molecule has 1 aromatic heterocycles. The molecule has 1 amide bonds. The van der Waals surface area contributed by atoms with Crippen molar-refractivity contribution in [1.29, 1.82) is 0 Å². The average molecular weight is 241 g/mol. The summed E-state index contributed by atoms with van der Waals surface area (Å²) in [6.45, 7) is 5.09. The third-order valence-electron chi connectivity index (χ3n) is 2.39. The van der Waals surface area contributed by atoms with Gasteiger partial charge >= 0.3 is 0 Å². The molecule has 1 aromatic rings. The van der Waals surface area contributed by atoms with Gasteiger partial charge in [-0.1, -0.05) is 6.92 Å². The highest BCUT2D eigenvalue weighted by molar-refractivity contribution is 7.09. The number of hydrogen-bond acceptors (Lipinski definition) is 4. The van der Waals surface area contributed by atoms with E-state index in [1.807, 2.05) is 19.2 Å². The summed E-state index contributed by atoms with van der Waals surface area (Å²) in [5.74, 6) is 0.0829. The monoisotopic (exact) mass is 241 g/mol. The van der Waals surface area contributed by atoms with Crippen LogP contribution in [0.25, 0.3) is 0 Å². The topological polar surface area (TPSA) is 68.0 Å². The number of aromatic nitrogens is 1. The molecule has 90 valence electrons. The maximum atomic E-state index is 11.5. The Morgan fingerprint density at radius 3 is 3.00 bits per heavy atom. The van der Waals surface area contributed by atoms with Gasteiger partial charge in [-0.2, -0.15) is 0 Å². The zero-order valence-electron chi connectivity index (χ0n) is 9.82. The third-order valence-corrected chi connectivity index (χ3v) is 3.22. The quantitative estimate of drug-likeness (QED) is 0.783. The molecule has 1 unspecified atom stereocenters. The van der Waals surface area contributed by atoms with Crippen molar-refractivity contribution in [3.8, 4) is 0 Å². The lowest BCUT2D eigenvalue weighted by atomic mass is 10.1. The van der Waals surface area contributed by atoms with Gasteiger partial charge in [0.25, 0.3) is 0 Å². The third kappa shape index (κ3) is 4.28. The van der Waals surface area contributed by atoms with Crippen LogP contribution in [0.3, 0.4) is 0 Å². The van der Waals surface area contributed by atoms with Gasteiger partial charge in [-0.25, -0.2) is 4.98 Å². The fraction of sp³-hybridized carbons (Fsp3) is 0.636. The van der Waals surface area contributed by atoms with Crippen LogP contribution in [0.1, 0.15) is 24.0 Å². The van der Waals surface area contributed by atoms with Gasteiger partial charge in [0.1, 0.15) is 0 Å². The van der Waals surface area contributed by atoms with Crippen LogP contribution in [0.2, 0.25) is 0 Å². The van der Waals surface area contributed by atoms with Gasteiger partial charge < -0.3 is 11.1 Å². The highest BCUT2D eigenvalue weighted by atomic mass is 32.1. The maximum absolute atomic E-state index is 11.5. The van der Waals surface area contributed by atoms with E-state index in [1.165, 1.54) is 0 Å². The predicted octanol–water partition coefficient (Wildman–Crippen LogP) is 1.10. The van der Waals surface area contributed by atoms with Crippen LogP contribution < -0.4 is 11.1 Å². The molecular weight excluding hydrogens is 222 g/mol. The standard InChI is InChI=1S/C11H19N3OS/c1-8(3-5-12)11(15)13-6-4-10-7-16-9(2)14-10/h7-8H,3-6,12H2,1-2H3,(H,13,15). The SMILES string of the molecule is Cc1nc(CCNC(=O)C(C)CCN)cs1. The minimum atomic E-state index is 0.00201. The summed E-state index contributed by atoms with van der Waals surface area (Å²) in [6, 6.07) is 0. The number of nitrogens with two attached hydrogens (primary N) is 1. The first-order chi connectivity index (χ1) is 7.63. The molecule has 0 aliphatic carbocycles. The first-order valence-electron chi connectivity index (χ1n) is 5.52. The first-order valence-corrected chi connectivity index (χ1v) is 6.40. The molecule has 0 aromatic carbocycles. The van der Waals surface area contributed by atoms with E-state index in [1.54, 1.807) is 11.3 Å². The highest BCUT2D eigenvalue weighted by Gasteiger charge is 2.10. The van der Waals surface area contributed by atoms with Gasteiger partial charge in [-0.05, 0) is 19.9 Å². The van der Waals surface area contributed by atoms with Gasteiger partial charge in [0.15, 0.2) is 0 Å². The van der Waals surface area contributed by atoms with Crippen LogP contribution >= 0.6 is 11.3 Å². The Labute approximate surface area is 100 Å². The molecule has 0 bridgehead atoms. The summed E-state index contributed by atoms with van der Waals surface area (Å²) in [4.78, 5) is 15.9. The fourth-order valence-electron chi connectivity index (χ4n) is 1.39. The number of hydrogen-bond donors (Lipinski definition) is 2. The van der Waals surface area contributed by atoms with Crippen LogP contribution in [0.15, 0.2) is 5.38 Å². The van der Waals surface area contributed by atoms with Gasteiger partial charge in [0.2, 0.25) is 5.91 Å². The predicted molar refractivity (Wildman–Crippen MR) is 66.4 cm³/mol. The zero-order valence-corrected chi connectivity index (χ0v) is 10.6. The molecule has 0 spiro atoms. The second kappa shape index (κ2) is 6.60. The molecule has 0 saturated heterocycles. The second-order valence-corrected chi connectivity index (χ2v) is 4.94. The van der Waals surface area contributed by atoms with E-state index >= 15 is 0 Å². The van der Waals surface area contributed by atoms with Gasteiger partial charge in [-0.15, -0.1) is 11.3 Å². The largest absolute Gasteiger partial charge is 0.355 e. The number of thiazole rings is 1. The van der Waals surface area contributed by atoms with E-state index in [0.29, 0.717) is 13.1 Å². The molecule has 5 heteroatoms. The van der Waals surface area contributed by atoms with E-state index in [2.05, 4.69) is 10.3 Å². The summed E-state index contributed by atoms with van der Waals surface area (Å²) in [5.41, 5.74) is 6.45. The minimum absolute atomic E-state index is 0.00201. The van der Waals surface area contributed by atoms with E-state index in [0.717, 1.165) is 23.5 Å². The minimum Gasteiger partial charge on any atom is -0.355 e. The molecule has 3 N–H and O–H groups in total. The molecule has 0 aliphatic heterocycles. The Morgan fingerprint density at radius 2 is 2.44 bits per heavy atom. The first kappa shape index (κ1) is 13.1.